The molecule has 7 heteroatoms. The van der Waals surface area contributed by atoms with Crippen LogP contribution in [0.25, 0.3) is 0 Å². The van der Waals surface area contributed by atoms with Crippen molar-refractivity contribution in [2.24, 2.45) is 0 Å². The molecule has 0 radical (unpaired) electrons. The van der Waals surface area contributed by atoms with Gasteiger partial charge in [-0.3, -0.25) is 4.79 Å². The second kappa shape index (κ2) is 12.3. The van der Waals surface area contributed by atoms with Gasteiger partial charge in [-0.25, -0.2) is 0 Å². The molecule has 0 amide bonds. The quantitative estimate of drug-likeness (QED) is 0.140. The lowest BCUT2D eigenvalue weighted by Gasteiger charge is -2.48. The number of ketones is 1. The van der Waals surface area contributed by atoms with Crippen LogP contribution in [0, 0.1) is 0 Å². The van der Waals surface area contributed by atoms with Gasteiger partial charge in [0.25, 0.3) is 0 Å². The molecule has 0 atom stereocenters. The summed E-state index contributed by atoms with van der Waals surface area (Å²) in [6.45, 7) is 31.5. The van der Waals surface area contributed by atoms with E-state index < -0.39 is 25.2 Å². The van der Waals surface area contributed by atoms with Crippen molar-refractivity contribution >= 4 is 31.0 Å². The third-order valence-electron chi connectivity index (χ3n) is 7.09. The van der Waals surface area contributed by atoms with E-state index in [-0.39, 0.29) is 12.4 Å². The molecule has 0 aromatic heterocycles. The van der Waals surface area contributed by atoms with Crippen LogP contribution >= 0.6 is 0 Å². The third-order valence-corrected chi connectivity index (χ3v) is 24.5. The van der Waals surface area contributed by atoms with Gasteiger partial charge in [-0.05, 0) is 66.8 Å². The van der Waals surface area contributed by atoms with Gasteiger partial charge in [-0.1, -0.05) is 62.0 Å². The molecule has 30 heavy (non-hydrogen) atoms. The highest BCUT2D eigenvalue weighted by Gasteiger charge is 2.50. The molecule has 0 saturated carbocycles. The molecule has 4 nitrogen and oxygen atoms in total. The van der Waals surface area contributed by atoms with E-state index in [2.05, 4.69) is 81.6 Å². The molecule has 0 fully saturated rings. The van der Waals surface area contributed by atoms with Gasteiger partial charge in [0, 0.05) is 6.61 Å². The van der Waals surface area contributed by atoms with Crippen molar-refractivity contribution in [1.82, 2.24) is 0 Å². The minimum Gasteiger partial charge on any atom is -0.436 e. The van der Waals surface area contributed by atoms with Crippen molar-refractivity contribution < 1.29 is 17.8 Å². The fourth-order valence-electron chi connectivity index (χ4n) is 3.64. The van der Waals surface area contributed by atoms with Crippen LogP contribution in [0.4, 0.5) is 0 Å². The van der Waals surface area contributed by atoms with E-state index in [0.717, 1.165) is 12.5 Å². The van der Waals surface area contributed by atoms with Crippen molar-refractivity contribution in [2.45, 2.75) is 117 Å². The zero-order chi connectivity index (χ0) is 23.9. The lowest BCUT2D eigenvalue weighted by atomic mass is 10.2. The van der Waals surface area contributed by atoms with Gasteiger partial charge in [-0.15, -0.1) is 0 Å². The van der Waals surface area contributed by atoms with Gasteiger partial charge in [0.2, 0.25) is 0 Å². The fourth-order valence-corrected chi connectivity index (χ4v) is 19.7. The van der Waals surface area contributed by atoms with Crippen molar-refractivity contribution in [3.63, 3.8) is 0 Å². The number of hydrogen-bond acceptors (Lipinski definition) is 4. The SMILES string of the molecule is C=C(C)C(=O)COCCC[Si](C)(O[Si](C)(C(C)C)C(C)C)O[Si](C)(C(C)C)C(C)C. The van der Waals surface area contributed by atoms with Crippen molar-refractivity contribution in [2.75, 3.05) is 13.2 Å². The maximum Gasteiger partial charge on any atom is 0.314 e. The summed E-state index contributed by atoms with van der Waals surface area (Å²) in [6.07, 6.45) is 0.855. The Kier molecular flexibility index (Phi) is 12.2. The van der Waals surface area contributed by atoms with E-state index in [9.17, 15) is 4.79 Å². The van der Waals surface area contributed by atoms with Crippen LogP contribution in [0.3, 0.4) is 0 Å². The summed E-state index contributed by atoms with van der Waals surface area (Å²) >= 11 is 0. The molecule has 0 aromatic rings. The first-order chi connectivity index (χ1) is 13.5. The predicted molar refractivity (Wildman–Crippen MR) is 137 cm³/mol. The molecule has 0 aliphatic rings. The number of rotatable bonds is 15. The smallest absolute Gasteiger partial charge is 0.314 e. The number of ether oxygens (including phenoxy) is 1. The van der Waals surface area contributed by atoms with E-state index in [4.69, 9.17) is 13.0 Å². The standard InChI is InChI=1S/C23H50O4Si3/c1-18(2)23(24)17-25-15-14-16-28(11,26-29(12,19(3)4)20(5)6)27-30(13,21(7)8)22(9)10/h19-22H,1,14-17H2,2-13H3. The van der Waals surface area contributed by atoms with E-state index in [1.807, 2.05) is 0 Å². The fraction of sp³-hybridized carbons (Fsp3) is 0.870. The van der Waals surface area contributed by atoms with Gasteiger partial charge in [0.1, 0.15) is 6.61 Å². The zero-order valence-electron chi connectivity index (χ0n) is 22.0. The normalized spacial score (nSPS) is 13.7. The van der Waals surface area contributed by atoms with Crippen LogP contribution in [0.1, 0.15) is 68.7 Å². The van der Waals surface area contributed by atoms with Gasteiger partial charge in [-0.2, -0.15) is 0 Å². The van der Waals surface area contributed by atoms with Crippen LogP contribution in [-0.2, 0) is 17.8 Å². The second-order valence-corrected chi connectivity index (χ2v) is 24.4. The summed E-state index contributed by atoms with van der Waals surface area (Å²) in [5.74, 6) is -0.0262. The molecule has 0 aliphatic carbocycles. The maximum atomic E-state index is 11.7. The van der Waals surface area contributed by atoms with Crippen LogP contribution < -0.4 is 0 Å². The molecule has 0 aliphatic heterocycles. The van der Waals surface area contributed by atoms with Crippen LogP contribution in [0.5, 0.6) is 0 Å². The van der Waals surface area contributed by atoms with Crippen LogP contribution in [0.2, 0.25) is 47.8 Å². The van der Waals surface area contributed by atoms with E-state index >= 15 is 0 Å². The third kappa shape index (κ3) is 8.47. The molecule has 178 valence electrons. The molecular weight excluding hydrogens is 425 g/mol. The zero-order valence-corrected chi connectivity index (χ0v) is 25.0. The Morgan fingerprint density at radius 1 is 0.800 bits per heavy atom. The molecule has 0 heterocycles. The highest BCUT2D eigenvalue weighted by molar-refractivity contribution is 6.90. The average Bonchev–Trinajstić information content (AvgIpc) is 2.59. The van der Waals surface area contributed by atoms with Crippen molar-refractivity contribution in [3.05, 3.63) is 12.2 Å². The summed E-state index contributed by atoms with van der Waals surface area (Å²) in [7, 11) is -6.34. The molecule has 0 N–H and O–H groups in total. The first-order valence-electron chi connectivity index (χ1n) is 11.7. The lowest BCUT2D eigenvalue weighted by molar-refractivity contribution is -0.119. The van der Waals surface area contributed by atoms with Gasteiger partial charge in [0.15, 0.2) is 22.4 Å². The van der Waals surface area contributed by atoms with Gasteiger partial charge in [0.05, 0.1) is 0 Å². The van der Waals surface area contributed by atoms with Gasteiger partial charge >= 0.3 is 8.56 Å². The number of carbonyl (C=O) groups is 1. The Morgan fingerprint density at radius 2 is 1.17 bits per heavy atom. The number of carbonyl (C=O) groups excluding carboxylic acids is 1. The summed E-state index contributed by atoms with van der Waals surface area (Å²) < 4.78 is 20.0. The average molecular weight is 475 g/mol. The minimum absolute atomic E-state index is 0.0262. The van der Waals surface area contributed by atoms with E-state index in [0.29, 0.717) is 34.3 Å². The summed E-state index contributed by atoms with van der Waals surface area (Å²) in [5, 5.41) is 0. The molecular formula is C23H50O4Si3. The van der Waals surface area contributed by atoms with Crippen LogP contribution in [-0.4, -0.2) is 44.2 Å². The largest absolute Gasteiger partial charge is 0.436 e. The molecule has 0 saturated heterocycles. The number of hydrogen-bond donors (Lipinski definition) is 0. The monoisotopic (exact) mass is 474 g/mol. The predicted octanol–water partition coefficient (Wildman–Crippen LogP) is 7.43. The van der Waals surface area contributed by atoms with E-state index in [1.54, 1.807) is 6.92 Å². The van der Waals surface area contributed by atoms with Crippen molar-refractivity contribution in [3.8, 4) is 0 Å². The summed E-state index contributed by atoms with van der Waals surface area (Å²) in [5.41, 5.74) is 2.67. The molecule has 0 spiro atoms. The molecule has 0 bridgehead atoms. The van der Waals surface area contributed by atoms with Crippen molar-refractivity contribution in [1.29, 1.82) is 0 Å². The summed E-state index contributed by atoms with van der Waals surface area (Å²) in [4.78, 5) is 11.7. The topological polar surface area (TPSA) is 44.8 Å². The summed E-state index contributed by atoms with van der Waals surface area (Å²) in [6, 6.07) is 0.901. The minimum atomic E-state index is -2.43. The molecule has 0 rings (SSSR count). The highest BCUT2D eigenvalue weighted by Crippen LogP contribution is 2.41. The lowest BCUT2D eigenvalue weighted by Crippen LogP contribution is -2.59. The Labute approximate surface area is 190 Å². The van der Waals surface area contributed by atoms with Gasteiger partial charge < -0.3 is 13.0 Å². The second-order valence-electron chi connectivity index (χ2n) is 10.7. The molecule has 0 unspecified atom stereocenters. The Morgan fingerprint density at radius 3 is 1.47 bits per heavy atom. The Hall–Kier alpha value is -0.0594. The first kappa shape index (κ1) is 29.9. The number of Topliss-reactive ketones (excluding diaryl/α,β-unsaturated/α-hetero) is 1. The molecule has 0 aromatic carbocycles. The Balaban J connectivity index is 5.54. The maximum absolute atomic E-state index is 11.7. The van der Waals surface area contributed by atoms with E-state index in [1.165, 1.54) is 0 Å². The van der Waals surface area contributed by atoms with Crippen LogP contribution in [0.15, 0.2) is 12.2 Å². The first-order valence-corrected chi connectivity index (χ1v) is 19.3. The highest BCUT2D eigenvalue weighted by atomic mass is 28.5. The Bertz CT molecular complexity index is 515.